The highest BCUT2D eigenvalue weighted by molar-refractivity contribution is 7.80. The maximum Gasteiger partial charge on any atom is -0.00979 e. The van der Waals surface area contributed by atoms with Gasteiger partial charge in [-0.2, -0.15) is 12.6 Å². The van der Waals surface area contributed by atoms with Crippen LogP contribution in [-0.4, -0.2) is 5.75 Å². The molecule has 89 heavy (non-hydrogen) atoms. The summed E-state index contributed by atoms with van der Waals surface area (Å²) in [4.78, 5) is 0. The van der Waals surface area contributed by atoms with E-state index in [0.29, 0.717) is 0 Å². The molecule has 0 aliphatic carbocycles. The van der Waals surface area contributed by atoms with Gasteiger partial charge in [-0.25, -0.2) is 0 Å². The summed E-state index contributed by atoms with van der Waals surface area (Å²) < 4.78 is 0. The number of hydrogen-bond donors (Lipinski definition) is 1. The van der Waals surface area contributed by atoms with E-state index in [1.165, 1.54) is 552 Å². The fourth-order valence-electron chi connectivity index (χ4n) is 15.0. The molecule has 0 rings (SSSR count). The van der Waals surface area contributed by atoms with E-state index in [1.54, 1.807) is 0 Å². The lowest BCUT2D eigenvalue weighted by Crippen LogP contribution is -1.85. The normalized spacial score (nSPS) is 11.8. The molecule has 0 bridgehead atoms. The highest BCUT2D eigenvalue weighted by Gasteiger charge is 2.03. The van der Waals surface area contributed by atoms with Crippen LogP contribution in [0, 0.1) is 0 Å². The van der Waals surface area contributed by atoms with Crippen molar-refractivity contribution >= 4 is 12.6 Å². The third-order valence-electron chi connectivity index (χ3n) is 21.5. The van der Waals surface area contributed by atoms with Gasteiger partial charge in [0.25, 0.3) is 0 Å². The van der Waals surface area contributed by atoms with Crippen LogP contribution in [0.2, 0.25) is 0 Å². The second-order valence-corrected chi connectivity index (χ2v) is 31.2. The first kappa shape index (κ1) is 89.3. The molecule has 0 fully saturated rings. The second kappa shape index (κ2) is 88.3. The molecule has 0 aliphatic rings. The van der Waals surface area contributed by atoms with E-state index in [2.05, 4.69) is 19.6 Å². The molecule has 0 saturated carbocycles. The topological polar surface area (TPSA) is 0 Å². The highest BCUT2D eigenvalue weighted by Crippen LogP contribution is 2.22. The SMILES string of the molecule is CCCCCCCCCCCCCCCCCCCCCCCCCCCCCCCCCCCCCCCCCCCCCCCCCCCCCCCCCCCCCCCCCCCCCCCCCCCCCCCCCCCCCCCCS. The Kier molecular flexibility index (Phi) is 88.7. The van der Waals surface area contributed by atoms with Gasteiger partial charge < -0.3 is 0 Å². The number of thiol groups is 1. The van der Waals surface area contributed by atoms with Gasteiger partial charge in [-0.3, -0.25) is 0 Å². The van der Waals surface area contributed by atoms with E-state index in [-0.39, 0.29) is 0 Å². The fourth-order valence-corrected chi connectivity index (χ4v) is 15.3. The van der Waals surface area contributed by atoms with E-state index in [9.17, 15) is 0 Å². The molecule has 0 aromatic carbocycles. The zero-order chi connectivity index (χ0) is 63.5. The molecule has 0 spiro atoms. The first-order chi connectivity index (χ1) is 44.4. The lowest BCUT2D eigenvalue weighted by atomic mass is 10.0. The van der Waals surface area contributed by atoms with Crippen LogP contribution in [0.3, 0.4) is 0 Å². The van der Waals surface area contributed by atoms with Crippen LogP contribution < -0.4 is 0 Å². The molecule has 0 amide bonds. The zero-order valence-electron chi connectivity index (χ0n) is 63.0. The van der Waals surface area contributed by atoms with E-state index >= 15 is 0 Å². The molecule has 0 aliphatic heterocycles. The van der Waals surface area contributed by atoms with Crippen molar-refractivity contribution in [3.05, 3.63) is 0 Å². The van der Waals surface area contributed by atoms with Crippen molar-refractivity contribution < 1.29 is 0 Å². The van der Waals surface area contributed by atoms with Crippen LogP contribution in [-0.2, 0) is 0 Å². The average Bonchev–Trinajstić information content (AvgIpc) is 3.54. The fraction of sp³-hybridized carbons (Fsp3) is 1.00. The van der Waals surface area contributed by atoms with Gasteiger partial charge in [0.2, 0.25) is 0 Å². The number of rotatable bonds is 86. The highest BCUT2D eigenvalue weighted by atomic mass is 32.1. The Hall–Kier alpha value is 0.350. The molecule has 0 saturated heterocycles. The number of hydrogen-bond acceptors (Lipinski definition) is 1. The zero-order valence-corrected chi connectivity index (χ0v) is 63.9. The Bertz CT molecular complexity index is 1040. The van der Waals surface area contributed by atoms with Crippen LogP contribution in [0.15, 0.2) is 0 Å². The standard InChI is InChI=1S/C88H178S/c1-2-3-4-5-6-7-8-9-10-11-12-13-14-15-16-17-18-19-20-21-22-23-24-25-26-27-28-29-30-31-32-33-34-35-36-37-38-39-40-41-42-43-44-45-46-47-48-49-50-51-52-53-54-55-56-57-58-59-60-61-62-63-64-65-66-67-68-69-70-71-72-73-74-75-76-77-78-79-80-81-82-83-84-85-86-87-88-89/h89H,2-88H2,1H3. The smallest absolute Gasteiger partial charge is 0.00979 e. The Labute approximate surface area is 574 Å². The summed E-state index contributed by atoms with van der Waals surface area (Å²) in [5.41, 5.74) is 0. The van der Waals surface area contributed by atoms with E-state index in [0.717, 1.165) is 5.75 Å². The van der Waals surface area contributed by atoms with Crippen molar-refractivity contribution in [3.8, 4) is 0 Å². The van der Waals surface area contributed by atoms with Crippen molar-refractivity contribution in [2.45, 2.75) is 559 Å². The maximum atomic E-state index is 4.31. The minimum atomic E-state index is 1.07. The summed E-state index contributed by atoms with van der Waals surface area (Å²) in [6, 6.07) is 0. The van der Waals surface area contributed by atoms with Crippen molar-refractivity contribution in [1.29, 1.82) is 0 Å². The third kappa shape index (κ3) is 88.3. The molecule has 0 aromatic rings. The molecule has 0 unspecified atom stereocenters. The molecule has 0 N–H and O–H groups in total. The van der Waals surface area contributed by atoms with Crippen molar-refractivity contribution in [1.82, 2.24) is 0 Å². The quantitative estimate of drug-likeness (QED) is 0.0455. The molecule has 536 valence electrons. The van der Waals surface area contributed by atoms with Crippen LogP contribution >= 0.6 is 12.6 Å². The summed E-state index contributed by atoms with van der Waals surface area (Å²) >= 11 is 4.31. The molecule has 0 atom stereocenters. The van der Waals surface area contributed by atoms with E-state index in [4.69, 9.17) is 0 Å². The van der Waals surface area contributed by atoms with Gasteiger partial charge in [0.1, 0.15) is 0 Å². The minimum Gasteiger partial charge on any atom is -0.179 e. The molecule has 1 heteroatoms. The predicted molar refractivity (Wildman–Crippen MR) is 417 cm³/mol. The second-order valence-electron chi connectivity index (χ2n) is 30.8. The Morgan fingerprint density at radius 2 is 0.146 bits per heavy atom. The van der Waals surface area contributed by atoms with Crippen molar-refractivity contribution in [2.75, 3.05) is 5.75 Å². The largest absolute Gasteiger partial charge is 0.179 e. The lowest BCUT2D eigenvalue weighted by molar-refractivity contribution is 0.505. The summed E-state index contributed by atoms with van der Waals surface area (Å²) in [6.45, 7) is 2.32. The van der Waals surface area contributed by atoms with Crippen molar-refractivity contribution in [2.24, 2.45) is 0 Å². The molecule has 0 nitrogen and oxygen atoms in total. The van der Waals surface area contributed by atoms with Crippen LogP contribution in [0.25, 0.3) is 0 Å². The van der Waals surface area contributed by atoms with Crippen LogP contribution in [0.5, 0.6) is 0 Å². The summed E-state index contributed by atoms with van der Waals surface area (Å²) in [5, 5.41) is 0. The van der Waals surface area contributed by atoms with Gasteiger partial charge in [0, 0.05) is 0 Å². The van der Waals surface area contributed by atoms with Gasteiger partial charge in [0.05, 0.1) is 0 Å². The molecular weight excluding hydrogens is 1090 g/mol. The van der Waals surface area contributed by atoms with Gasteiger partial charge in [-0.1, -0.05) is 553 Å². The summed E-state index contributed by atoms with van der Waals surface area (Å²) in [7, 11) is 0. The van der Waals surface area contributed by atoms with Gasteiger partial charge >= 0.3 is 0 Å². The Balaban J connectivity index is 3.08. The number of unbranched alkanes of at least 4 members (excludes halogenated alkanes) is 85. The first-order valence-electron chi connectivity index (χ1n) is 44.0. The minimum absolute atomic E-state index is 1.07. The third-order valence-corrected chi connectivity index (χ3v) is 21.8. The van der Waals surface area contributed by atoms with Gasteiger partial charge in [0.15, 0.2) is 0 Å². The first-order valence-corrected chi connectivity index (χ1v) is 44.7. The van der Waals surface area contributed by atoms with E-state index in [1.807, 2.05) is 0 Å². The van der Waals surface area contributed by atoms with Gasteiger partial charge in [-0.05, 0) is 12.2 Å². The molecule has 0 aromatic heterocycles. The Morgan fingerprint density at radius 1 is 0.0899 bits per heavy atom. The van der Waals surface area contributed by atoms with Crippen LogP contribution in [0.4, 0.5) is 0 Å². The molecular formula is C88H178S. The monoisotopic (exact) mass is 1270 g/mol. The summed E-state index contributed by atoms with van der Waals surface area (Å²) in [5.74, 6) is 1.07. The molecule has 0 heterocycles. The van der Waals surface area contributed by atoms with E-state index < -0.39 is 0 Å². The lowest BCUT2D eigenvalue weighted by Gasteiger charge is -2.05. The average molecular weight is 1270 g/mol. The van der Waals surface area contributed by atoms with Crippen LogP contribution in [0.1, 0.15) is 559 Å². The van der Waals surface area contributed by atoms with Gasteiger partial charge in [-0.15, -0.1) is 0 Å². The summed E-state index contributed by atoms with van der Waals surface area (Å²) in [6.07, 6.45) is 128. The predicted octanol–water partition coefficient (Wildman–Crippen LogP) is 34.5. The Morgan fingerprint density at radius 3 is 0.202 bits per heavy atom. The van der Waals surface area contributed by atoms with Crippen molar-refractivity contribution in [3.63, 3.8) is 0 Å². The molecule has 0 radical (unpaired) electrons. The maximum absolute atomic E-state index is 4.31.